The van der Waals surface area contributed by atoms with Crippen LogP contribution in [0.5, 0.6) is 0 Å². The van der Waals surface area contributed by atoms with Crippen LogP contribution in [-0.2, 0) is 6.54 Å². The van der Waals surface area contributed by atoms with Gasteiger partial charge in [-0.3, -0.25) is 4.90 Å². The van der Waals surface area contributed by atoms with Crippen LogP contribution in [0.1, 0.15) is 18.9 Å². The van der Waals surface area contributed by atoms with Gasteiger partial charge >= 0.3 is 0 Å². The van der Waals surface area contributed by atoms with Crippen molar-refractivity contribution in [2.24, 2.45) is 5.73 Å². The van der Waals surface area contributed by atoms with Crippen molar-refractivity contribution in [1.29, 1.82) is 0 Å². The molecule has 0 aromatic heterocycles. The average Bonchev–Trinajstić information content (AvgIpc) is 2.23. The largest absolute Gasteiger partial charge is 0.392 e. The summed E-state index contributed by atoms with van der Waals surface area (Å²) in [5.74, 6) is -0.245. The van der Waals surface area contributed by atoms with Gasteiger partial charge in [-0.25, -0.2) is 4.39 Å². The Kier molecular flexibility index (Phi) is 6.02. The molecule has 0 saturated heterocycles. The summed E-state index contributed by atoms with van der Waals surface area (Å²) >= 11 is 8.10. The molecule has 94 valence electrons. The standard InChI is InChI=1S/C12H16BrFN2S/c1-2-5-16(8-12(15)17)7-9-3-4-11(14)10(13)6-9/h3-4,6H,2,5,7-8H2,1H3,(H2,15,17). The van der Waals surface area contributed by atoms with Gasteiger partial charge in [-0.05, 0) is 46.6 Å². The van der Waals surface area contributed by atoms with Gasteiger partial charge in [-0.15, -0.1) is 0 Å². The number of halogens is 2. The van der Waals surface area contributed by atoms with Crippen LogP contribution in [0.4, 0.5) is 4.39 Å². The number of nitrogens with zero attached hydrogens (tertiary/aromatic N) is 1. The van der Waals surface area contributed by atoms with Gasteiger partial charge in [0.15, 0.2) is 0 Å². The number of nitrogens with two attached hydrogens (primary N) is 1. The van der Waals surface area contributed by atoms with Crippen LogP contribution < -0.4 is 5.73 Å². The number of rotatable bonds is 6. The van der Waals surface area contributed by atoms with Gasteiger partial charge in [-0.1, -0.05) is 25.2 Å². The molecular formula is C12H16BrFN2S. The van der Waals surface area contributed by atoms with E-state index in [1.54, 1.807) is 12.1 Å². The number of thiocarbonyl (C=S) groups is 1. The zero-order valence-electron chi connectivity index (χ0n) is 9.75. The minimum Gasteiger partial charge on any atom is -0.392 e. The Morgan fingerprint density at radius 1 is 1.53 bits per heavy atom. The molecule has 0 bridgehead atoms. The summed E-state index contributed by atoms with van der Waals surface area (Å²) in [7, 11) is 0. The fourth-order valence-electron chi connectivity index (χ4n) is 1.65. The van der Waals surface area contributed by atoms with Crippen molar-refractivity contribution in [3.63, 3.8) is 0 Å². The fraction of sp³-hybridized carbons (Fsp3) is 0.417. The van der Waals surface area contributed by atoms with Crippen molar-refractivity contribution in [3.05, 3.63) is 34.1 Å². The Bertz CT molecular complexity index is 398. The lowest BCUT2D eigenvalue weighted by Gasteiger charge is -2.21. The lowest BCUT2D eigenvalue weighted by atomic mass is 10.2. The van der Waals surface area contributed by atoms with Gasteiger partial charge in [0.25, 0.3) is 0 Å². The summed E-state index contributed by atoms with van der Waals surface area (Å²) in [4.78, 5) is 2.64. The molecule has 1 aromatic rings. The van der Waals surface area contributed by atoms with Crippen LogP contribution in [0.15, 0.2) is 22.7 Å². The van der Waals surface area contributed by atoms with E-state index in [1.807, 2.05) is 0 Å². The van der Waals surface area contributed by atoms with Crippen molar-refractivity contribution in [2.75, 3.05) is 13.1 Å². The Labute approximate surface area is 115 Å². The van der Waals surface area contributed by atoms with Gasteiger partial charge in [0.05, 0.1) is 9.46 Å². The maximum atomic E-state index is 13.1. The van der Waals surface area contributed by atoms with Gasteiger partial charge in [0.2, 0.25) is 0 Å². The molecule has 0 atom stereocenters. The summed E-state index contributed by atoms with van der Waals surface area (Å²) < 4.78 is 13.6. The molecule has 17 heavy (non-hydrogen) atoms. The predicted molar refractivity (Wildman–Crippen MR) is 76.5 cm³/mol. The van der Waals surface area contributed by atoms with Gasteiger partial charge in [-0.2, -0.15) is 0 Å². The molecular weight excluding hydrogens is 303 g/mol. The molecule has 0 fully saturated rings. The van der Waals surface area contributed by atoms with E-state index in [2.05, 4.69) is 27.8 Å². The molecule has 0 unspecified atom stereocenters. The van der Waals surface area contributed by atoms with E-state index >= 15 is 0 Å². The molecule has 0 radical (unpaired) electrons. The molecule has 2 nitrogen and oxygen atoms in total. The van der Waals surface area contributed by atoms with Gasteiger partial charge in [0, 0.05) is 13.1 Å². The van der Waals surface area contributed by atoms with Gasteiger partial charge < -0.3 is 5.73 Å². The van der Waals surface area contributed by atoms with Crippen LogP contribution in [0.3, 0.4) is 0 Å². The maximum absolute atomic E-state index is 13.1. The lowest BCUT2D eigenvalue weighted by molar-refractivity contribution is 0.304. The van der Waals surface area contributed by atoms with Crippen LogP contribution in [0, 0.1) is 5.82 Å². The van der Waals surface area contributed by atoms with Crippen molar-refractivity contribution in [1.82, 2.24) is 4.90 Å². The molecule has 1 rings (SSSR count). The molecule has 0 aliphatic carbocycles. The molecule has 5 heteroatoms. The Balaban J connectivity index is 2.71. The molecule has 0 saturated carbocycles. The highest BCUT2D eigenvalue weighted by Gasteiger charge is 2.08. The zero-order chi connectivity index (χ0) is 12.8. The molecule has 0 heterocycles. The summed E-state index contributed by atoms with van der Waals surface area (Å²) in [5, 5.41) is 0. The summed E-state index contributed by atoms with van der Waals surface area (Å²) in [5.41, 5.74) is 6.60. The zero-order valence-corrected chi connectivity index (χ0v) is 12.2. The third-order valence-corrected chi connectivity index (χ3v) is 3.05. The third kappa shape index (κ3) is 5.10. The summed E-state index contributed by atoms with van der Waals surface area (Å²) in [6.45, 7) is 4.35. The van der Waals surface area contributed by atoms with Crippen LogP contribution in [-0.4, -0.2) is 23.0 Å². The van der Waals surface area contributed by atoms with Crippen molar-refractivity contribution >= 4 is 33.1 Å². The highest BCUT2D eigenvalue weighted by atomic mass is 79.9. The molecule has 0 aliphatic heterocycles. The minimum atomic E-state index is -0.245. The second-order valence-electron chi connectivity index (χ2n) is 3.93. The first-order valence-corrected chi connectivity index (χ1v) is 6.67. The third-order valence-electron chi connectivity index (χ3n) is 2.31. The second-order valence-corrected chi connectivity index (χ2v) is 5.30. The van der Waals surface area contributed by atoms with E-state index in [-0.39, 0.29) is 5.82 Å². The van der Waals surface area contributed by atoms with E-state index in [0.29, 0.717) is 16.0 Å². The van der Waals surface area contributed by atoms with Crippen LogP contribution in [0.25, 0.3) is 0 Å². The van der Waals surface area contributed by atoms with E-state index in [1.165, 1.54) is 6.07 Å². The Morgan fingerprint density at radius 2 is 2.24 bits per heavy atom. The Hall–Kier alpha value is -0.520. The highest BCUT2D eigenvalue weighted by Crippen LogP contribution is 2.18. The number of hydrogen-bond donors (Lipinski definition) is 1. The molecule has 0 spiro atoms. The smallest absolute Gasteiger partial charge is 0.137 e. The topological polar surface area (TPSA) is 29.3 Å². The minimum absolute atomic E-state index is 0.245. The first-order valence-electron chi connectivity index (χ1n) is 5.47. The molecule has 1 aromatic carbocycles. The first kappa shape index (κ1) is 14.5. The van der Waals surface area contributed by atoms with E-state index in [0.717, 1.165) is 25.1 Å². The van der Waals surface area contributed by atoms with Crippen molar-refractivity contribution in [3.8, 4) is 0 Å². The van der Waals surface area contributed by atoms with Crippen LogP contribution in [0.2, 0.25) is 0 Å². The van der Waals surface area contributed by atoms with E-state index in [9.17, 15) is 4.39 Å². The predicted octanol–water partition coefficient (Wildman–Crippen LogP) is 3.09. The molecule has 0 aliphatic rings. The summed E-state index contributed by atoms with van der Waals surface area (Å²) in [6.07, 6.45) is 1.03. The summed E-state index contributed by atoms with van der Waals surface area (Å²) in [6, 6.07) is 5.03. The van der Waals surface area contributed by atoms with Crippen LogP contribution >= 0.6 is 28.1 Å². The van der Waals surface area contributed by atoms with E-state index < -0.39 is 0 Å². The SMILES string of the molecule is CCCN(CC(N)=S)Cc1ccc(F)c(Br)c1. The first-order chi connectivity index (χ1) is 8.02. The van der Waals surface area contributed by atoms with Crippen molar-refractivity contribution < 1.29 is 4.39 Å². The quantitative estimate of drug-likeness (QED) is 0.817. The average molecular weight is 319 g/mol. The number of hydrogen-bond acceptors (Lipinski definition) is 2. The molecule has 0 amide bonds. The fourth-order valence-corrected chi connectivity index (χ4v) is 2.26. The maximum Gasteiger partial charge on any atom is 0.137 e. The van der Waals surface area contributed by atoms with E-state index in [4.69, 9.17) is 18.0 Å². The molecule has 2 N–H and O–H groups in total. The Morgan fingerprint density at radius 3 is 2.76 bits per heavy atom. The monoisotopic (exact) mass is 318 g/mol. The van der Waals surface area contributed by atoms with Crippen molar-refractivity contribution in [2.45, 2.75) is 19.9 Å². The number of benzene rings is 1. The van der Waals surface area contributed by atoms with Gasteiger partial charge in [0.1, 0.15) is 5.82 Å². The lowest BCUT2D eigenvalue weighted by Crippen LogP contribution is -2.32. The normalized spacial score (nSPS) is 10.8. The highest BCUT2D eigenvalue weighted by molar-refractivity contribution is 9.10. The second kappa shape index (κ2) is 7.03.